The van der Waals surface area contributed by atoms with Gasteiger partial charge in [-0.3, -0.25) is 14.4 Å². The molecule has 0 aromatic heterocycles. The van der Waals surface area contributed by atoms with E-state index in [1.54, 1.807) is 33.7 Å². The van der Waals surface area contributed by atoms with E-state index in [0.717, 1.165) is 24.8 Å². The third-order valence-electron chi connectivity index (χ3n) is 8.44. The molecule has 1 aromatic rings. The average molecular weight is 575 g/mol. The van der Waals surface area contributed by atoms with Crippen molar-refractivity contribution in [2.75, 3.05) is 31.2 Å². The van der Waals surface area contributed by atoms with Gasteiger partial charge in [0.05, 0.1) is 27.3 Å². The molecule has 4 rings (SSSR count). The van der Waals surface area contributed by atoms with Crippen LogP contribution in [0.15, 0.2) is 43.5 Å². The third-order valence-corrected chi connectivity index (χ3v) is 10.8. The van der Waals surface area contributed by atoms with E-state index < -0.39 is 22.6 Å². The summed E-state index contributed by atoms with van der Waals surface area (Å²) in [4.78, 5) is 45.5. The first-order valence-electron chi connectivity index (χ1n) is 13.8. The number of esters is 1. The van der Waals surface area contributed by atoms with Gasteiger partial charge in [0.1, 0.15) is 12.6 Å². The number of carbonyl (C=O) groups excluding carboxylic acids is 3. The van der Waals surface area contributed by atoms with Gasteiger partial charge in [-0.2, -0.15) is 0 Å². The molecule has 3 fully saturated rings. The monoisotopic (exact) mass is 574 g/mol. The Kier molecular flexibility index (Phi) is 9.50. The van der Waals surface area contributed by atoms with Crippen molar-refractivity contribution in [2.45, 2.75) is 62.0 Å². The number of likely N-dealkylation sites (tertiary alicyclic amines) is 1. The zero-order chi connectivity index (χ0) is 28.3. The number of anilines is 1. The Labute approximate surface area is 240 Å². The summed E-state index contributed by atoms with van der Waals surface area (Å²) < 4.78 is 4.73. The molecule has 39 heavy (non-hydrogen) atoms. The van der Waals surface area contributed by atoms with E-state index in [2.05, 4.69) is 20.1 Å². The molecule has 0 radical (unpaired) electrons. The topological polar surface area (TPSA) is 87.2 Å². The summed E-state index contributed by atoms with van der Waals surface area (Å²) in [5.74, 6) is -1.90. The molecule has 1 N–H and O–H groups in total. The number of hydrogen-bond acceptors (Lipinski definition) is 6. The quantitative estimate of drug-likeness (QED) is 0.207. The van der Waals surface area contributed by atoms with Crippen LogP contribution in [0.5, 0.6) is 0 Å². The molecule has 9 heteroatoms. The van der Waals surface area contributed by atoms with Crippen LogP contribution in [0.4, 0.5) is 5.69 Å². The van der Waals surface area contributed by atoms with Crippen LogP contribution >= 0.6 is 23.4 Å². The predicted molar refractivity (Wildman–Crippen MR) is 156 cm³/mol. The molecule has 212 valence electrons. The molecule has 6 atom stereocenters. The number of amides is 2. The molecule has 1 aromatic carbocycles. The second-order valence-corrected chi connectivity index (χ2v) is 12.7. The lowest BCUT2D eigenvalue weighted by molar-refractivity contribution is -0.153. The molecular weight excluding hydrogens is 536 g/mol. The first-order chi connectivity index (χ1) is 18.7. The van der Waals surface area contributed by atoms with Crippen LogP contribution in [0, 0.1) is 24.7 Å². The van der Waals surface area contributed by atoms with Crippen molar-refractivity contribution in [1.82, 2.24) is 4.90 Å². The zero-order valence-corrected chi connectivity index (χ0v) is 24.4. The van der Waals surface area contributed by atoms with Crippen LogP contribution in [0.3, 0.4) is 0 Å². The standard InChI is InChI=1S/C30H39ClN2O5S/c1-5-14-32(25-19(3)12-11-13-21(25)31)28(36)26-30-20(4)18-22(39-30)23(29(37)38-17-6-2)24(30)27(35)33(26)15-9-7-8-10-16-34/h5-6,11-13,20,22-24,26,34H,1-2,7-10,14-18H2,3-4H3/t20?,22-,23+,24-,26?,30?/m0/s1. The van der Waals surface area contributed by atoms with E-state index >= 15 is 0 Å². The van der Waals surface area contributed by atoms with Crippen LogP contribution < -0.4 is 4.90 Å². The summed E-state index contributed by atoms with van der Waals surface area (Å²) in [6, 6.07) is 4.78. The van der Waals surface area contributed by atoms with Crippen molar-refractivity contribution in [3.63, 3.8) is 0 Å². The van der Waals surface area contributed by atoms with Gasteiger partial charge >= 0.3 is 5.97 Å². The van der Waals surface area contributed by atoms with Gasteiger partial charge in [0.25, 0.3) is 5.91 Å². The molecule has 3 unspecified atom stereocenters. The molecule has 3 saturated heterocycles. The maximum atomic E-state index is 14.7. The van der Waals surface area contributed by atoms with Crippen molar-refractivity contribution in [3.05, 3.63) is 54.1 Å². The zero-order valence-electron chi connectivity index (χ0n) is 22.8. The van der Waals surface area contributed by atoms with Crippen LogP contribution in [0.25, 0.3) is 0 Å². The number of aliphatic hydroxyl groups is 1. The number of hydrogen-bond donors (Lipinski definition) is 1. The Bertz CT molecular complexity index is 1110. The number of aliphatic hydroxyl groups excluding tert-OH is 1. The molecular formula is C30H39ClN2O5S. The van der Waals surface area contributed by atoms with Gasteiger partial charge in [-0.1, -0.05) is 62.2 Å². The maximum absolute atomic E-state index is 14.7. The smallest absolute Gasteiger partial charge is 0.311 e. The number of fused-ring (bicyclic) bond motifs is 1. The molecule has 2 amide bonds. The molecule has 3 heterocycles. The molecule has 0 aliphatic carbocycles. The summed E-state index contributed by atoms with van der Waals surface area (Å²) in [5, 5.41) is 9.54. The number of para-hydroxylation sites is 1. The lowest BCUT2D eigenvalue weighted by Crippen LogP contribution is -2.57. The van der Waals surface area contributed by atoms with Gasteiger partial charge < -0.3 is 19.6 Å². The number of benzene rings is 1. The second kappa shape index (κ2) is 12.5. The van der Waals surface area contributed by atoms with E-state index in [4.69, 9.17) is 21.4 Å². The van der Waals surface area contributed by atoms with E-state index in [1.165, 1.54) is 6.08 Å². The van der Waals surface area contributed by atoms with Crippen LogP contribution in [-0.4, -0.2) is 70.1 Å². The Morgan fingerprint density at radius 3 is 2.67 bits per heavy atom. The second-order valence-electron chi connectivity index (χ2n) is 10.8. The summed E-state index contributed by atoms with van der Waals surface area (Å²) >= 11 is 8.26. The summed E-state index contributed by atoms with van der Waals surface area (Å²) in [6.07, 6.45) is 7.02. The minimum atomic E-state index is -0.745. The molecule has 0 saturated carbocycles. The predicted octanol–water partition coefficient (Wildman–Crippen LogP) is 4.79. The number of carbonyl (C=O) groups is 3. The summed E-state index contributed by atoms with van der Waals surface area (Å²) in [5.41, 5.74) is 1.47. The van der Waals surface area contributed by atoms with E-state index in [-0.39, 0.29) is 48.7 Å². The van der Waals surface area contributed by atoms with Crippen LogP contribution in [-0.2, 0) is 19.1 Å². The minimum Gasteiger partial charge on any atom is -0.461 e. The van der Waals surface area contributed by atoms with E-state index in [1.807, 2.05) is 19.1 Å². The number of thioether (sulfide) groups is 1. The SMILES string of the molecule is C=CCOC(=O)[C@@H]1[C@@H]2CC(C)C3(S2)C(C(=O)N(CC=C)c2c(C)cccc2Cl)N(CCCCCCO)C(=O)[C@H]13. The van der Waals surface area contributed by atoms with Gasteiger partial charge in [-0.05, 0) is 43.7 Å². The van der Waals surface area contributed by atoms with E-state index in [9.17, 15) is 14.4 Å². The first kappa shape index (κ1) is 29.7. The van der Waals surface area contributed by atoms with Gasteiger partial charge in [0, 0.05) is 24.9 Å². The molecule has 2 bridgehead atoms. The number of halogens is 1. The molecule has 3 aliphatic rings. The highest BCUT2D eigenvalue weighted by Gasteiger charge is 2.76. The van der Waals surface area contributed by atoms with Gasteiger partial charge in [-0.15, -0.1) is 18.3 Å². The Balaban J connectivity index is 1.77. The van der Waals surface area contributed by atoms with Crippen molar-refractivity contribution >= 4 is 46.8 Å². The van der Waals surface area contributed by atoms with Gasteiger partial charge in [-0.25, -0.2) is 0 Å². The van der Waals surface area contributed by atoms with Crippen molar-refractivity contribution in [3.8, 4) is 0 Å². The van der Waals surface area contributed by atoms with Gasteiger partial charge in [0.2, 0.25) is 5.91 Å². The average Bonchev–Trinajstić information content (AvgIpc) is 3.50. The fourth-order valence-electron chi connectivity index (χ4n) is 6.83. The fraction of sp³-hybridized carbons (Fsp3) is 0.567. The van der Waals surface area contributed by atoms with Crippen molar-refractivity contribution in [1.29, 1.82) is 0 Å². The fourth-order valence-corrected chi connectivity index (χ4v) is 9.55. The largest absolute Gasteiger partial charge is 0.461 e. The highest BCUT2D eigenvalue weighted by molar-refractivity contribution is 8.02. The van der Waals surface area contributed by atoms with Gasteiger partial charge in [0.15, 0.2) is 0 Å². The summed E-state index contributed by atoms with van der Waals surface area (Å²) in [7, 11) is 0. The van der Waals surface area contributed by atoms with Crippen molar-refractivity contribution < 1.29 is 24.2 Å². The van der Waals surface area contributed by atoms with E-state index in [0.29, 0.717) is 30.1 Å². The minimum absolute atomic E-state index is 0.0520. The Morgan fingerprint density at radius 1 is 1.26 bits per heavy atom. The summed E-state index contributed by atoms with van der Waals surface area (Å²) in [6.45, 7) is 12.4. The first-order valence-corrected chi connectivity index (χ1v) is 15.0. The third kappa shape index (κ3) is 5.16. The lowest BCUT2D eigenvalue weighted by Gasteiger charge is -2.40. The van der Waals surface area contributed by atoms with Crippen molar-refractivity contribution in [2.24, 2.45) is 17.8 Å². The highest BCUT2D eigenvalue weighted by Crippen LogP contribution is 2.69. The van der Waals surface area contributed by atoms with Crippen LogP contribution in [0.2, 0.25) is 5.02 Å². The maximum Gasteiger partial charge on any atom is 0.311 e. The van der Waals surface area contributed by atoms with Crippen LogP contribution in [0.1, 0.15) is 44.6 Å². The lowest BCUT2D eigenvalue weighted by atomic mass is 9.66. The number of aryl methyl sites for hydroxylation is 1. The Hall–Kier alpha value is -2.29. The molecule has 3 aliphatic heterocycles. The number of unbranched alkanes of at least 4 members (excludes halogenated alkanes) is 3. The number of ether oxygens (including phenoxy) is 1. The molecule has 7 nitrogen and oxygen atoms in total. The number of nitrogens with zero attached hydrogens (tertiary/aromatic N) is 2. The highest BCUT2D eigenvalue weighted by atomic mass is 35.5. The number of rotatable bonds is 13. The normalized spacial score (nSPS) is 28.9. The Morgan fingerprint density at radius 2 is 2.00 bits per heavy atom. The molecule has 1 spiro atoms.